The van der Waals surface area contributed by atoms with Crippen LogP contribution in [0.5, 0.6) is 0 Å². The van der Waals surface area contributed by atoms with Gasteiger partial charge in [-0.2, -0.15) is 0 Å². The van der Waals surface area contributed by atoms with Crippen LogP contribution in [-0.4, -0.2) is 22.5 Å². The van der Waals surface area contributed by atoms with Crippen LogP contribution in [0.1, 0.15) is 34.1 Å². The number of rotatable bonds is 2. The predicted octanol–water partition coefficient (Wildman–Crippen LogP) is 1.87. The minimum atomic E-state index is -0.925. The van der Waals surface area contributed by atoms with Gasteiger partial charge >= 0.3 is 0 Å². The maximum Gasteiger partial charge on any atom is 0.140 e. The van der Waals surface area contributed by atoms with E-state index in [1.165, 1.54) is 0 Å². The lowest BCUT2D eigenvalue weighted by Crippen LogP contribution is -2.33. The summed E-state index contributed by atoms with van der Waals surface area (Å²) in [5.74, 6) is 0. The van der Waals surface area contributed by atoms with Crippen LogP contribution in [0.25, 0.3) is 0 Å². The van der Waals surface area contributed by atoms with Gasteiger partial charge in [0.15, 0.2) is 0 Å². The average Bonchev–Trinajstić information content (AvgIpc) is 2.04. The molecule has 0 aliphatic carbocycles. The molecule has 0 aromatic heterocycles. The van der Waals surface area contributed by atoms with Gasteiger partial charge < -0.3 is 9.84 Å². The summed E-state index contributed by atoms with van der Waals surface area (Å²) in [7, 11) is 0. The van der Waals surface area contributed by atoms with Crippen LogP contribution < -0.4 is 0 Å². The van der Waals surface area contributed by atoms with E-state index in [1.54, 1.807) is 26.3 Å². The Balaban J connectivity index is 2.77. The van der Waals surface area contributed by atoms with Crippen molar-refractivity contribution in [2.24, 2.45) is 4.99 Å². The molecule has 74 valence electrons. The van der Waals surface area contributed by atoms with Crippen LogP contribution in [0.2, 0.25) is 0 Å². The zero-order valence-electron chi connectivity index (χ0n) is 8.66. The van der Waals surface area contributed by atoms with Gasteiger partial charge in [-0.15, -0.1) is 0 Å². The molecular formula is C10H17NO2. The highest BCUT2D eigenvalue weighted by Gasteiger charge is 2.28. The van der Waals surface area contributed by atoms with Crippen molar-refractivity contribution >= 4 is 6.21 Å². The van der Waals surface area contributed by atoms with Crippen molar-refractivity contribution in [3.8, 4) is 0 Å². The van der Waals surface area contributed by atoms with Gasteiger partial charge in [-0.25, -0.2) is 0 Å². The average molecular weight is 183 g/mol. The van der Waals surface area contributed by atoms with Gasteiger partial charge in [-0.1, -0.05) is 6.92 Å². The highest BCUT2D eigenvalue weighted by atomic mass is 16.5. The third-order valence-electron chi connectivity index (χ3n) is 2.25. The van der Waals surface area contributed by atoms with Gasteiger partial charge in [-0.3, -0.25) is 4.99 Å². The Hall–Kier alpha value is -0.830. The molecule has 0 saturated heterocycles. The van der Waals surface area contributed by atoms with E-state index in [0.29, 0.717) is 5.70 Å². The summed E-state index contributed by atoms with van der Waals surface area (Å²) in [6.07, 6.45) is 4.16. The number of ether oxygens (including phenoxy) is 1. The van der Waals surface area contributed by atoms with E-state index in [-0.39, 0.29) is 5.60 Å². The molecule has 0 aromatic rings. The topological polar surface area (TPSA) is 41.8 Å². The molecule has 0 aromatic carbocycles. The summed E-state index contributed by atoms with van der Waals surface area (Å²) in [5, 5.41) is 9.62. The lowest BCUT2D eigenvalue weighted by molar-refractivity contribution is 0.0747. The highest BCUT2D eigenvalue weighted by molar-refractivity contribution is 5.70. The second-order valence-electron chi connectivity index (χ2n) is 4.10. The van der Waals surface area contributed by atoms with Crippen LogP contribution in [-0.2, 0) is 4.74 Å². The number of hydrogen-bond acceptors (Lipinski definition) is 3. The molecule has 0 saturated carbocycles. The fourth-order valence-electron chi connectivity index (χ4n) is 0.934. The zero-order chi connectivity index (χ0) is 10.1. The maximum atomic E-state index is 9.62. The summed E-state index contributed by atoms with van der Waals surface area (Å²) in [4.78, 5) is 4.19. The molecule has 1 rings (SSSR count). The minimum absolute atomic E-state index is 0.311. The van der Waals surface area contributed by atoms with E-state index >= 15 is 0 Å². The van der Waals surface area contributed by atoms with Crippen molar-refractivity contribution in [3.63, 3.8) is 0 Å². The molecule has 1 aliphatic rings. The molecule has 13 heavy (non-hydrogen) atoms. The molecule has 0 radical (unpaired) electrons. The molecule has 1 aliphatic heterocycles. The van der Waals surface area contributed by atoms with Crippen LogP contribution in [0.3, 0.4) is 0 Å². The quantitative estimate of drug-likeness (QED) is 0.710. The minimum Gasteiger partial charge on any atom is -0.488 e. The summed E-state index contributed by atoms with van der Waals surface area (Å²) in [5.41, 5.74) is -0.668. The van der Waals surface area contributed by atoms with Crippen LogP contribution in [0.15, 0.2) is 17.0 Å². The summed E-state index contributed by atoms with van der Waals surface area (Å²) in [6.45, 7) is 7.38. The molecule has 0 spiro atoms. The van der Waals surface area contributed by atoms with Crippen molar-refractivity contribution in [1.29, 1.82) is 0 Å². The Bertz CT molecular complexity index is 250. The normalized spacial score (nSPS) is 28.2. The molecule has 0 amide bonds. The van der Waals surface area contributed by atoms with Crippen molar-refractivity contribution in [3.05, 3.63) is 12.0 Å². The predicted molar refractivity (Wildman–Crippen MR) is 52.7 cm³/mol. The van der Waals surface area contributed by atoms with Gasteiger partial charge in [0.2, 0.25) is 0 Å². The molecule has 1 heterocycles. The van der Waals surface area contributed by atoms with E-state index in [9.17, 15) is 5.11 Å². The number of hydrogen-bond donors (Lipinski definition) is 1. The van der Waals surface area contributed by atoms with Crippen LogP contribution in [0, 0.1) is 0 Å². The standard InChI is InChI=1S/C10H17NO2/c1-5-10(4)7-11-8(6-13-10)9(2,3)12/h6-7,12H,5H2,1-4H3. The Kier molecular flexibility index (Phi) is 2.48. The van der Waals surface area contributed by atoms with Crippen LogP contribution >= 0.6 is 0 Å². The number of aliphatic hydroxyl groups is 1. The fourth-order valence-corrected chi connectivity index (χ4v) is 0.934. The second kappa shape index (κ2) is 3.14. The summed E-state index contributed by atoms with van der Waals surface area (Å²) >= 11 is 0. The second-order valence-corrected chi connectivity index (χ2v) is 4.10. The van der Waals surface area contributed by atoms with Gasteiger partial charge in [-0.05, 0) is 27.2 Å². The Morgan fingerprint density at radius 3 is 2.54 bits per heavy atom. The molecule has 1 atom stereocenters. The Morgan fingerprint density at radius 1 is 1.62 bits per heavy atom. The number of aliphatic imine (C=N–C) groups is 1. The molecule has 3 heteroatoms. The third kappa shape index (κ3) is 2.31. The SMILES string of the molecule is CCC1(C)C=NC(C(C)(C)O)=CO1. The summed E-state index contributed by atoms with van der Waals surface area (Å²) in [6, 6.07) is 0. The summed E-state index contributed by atoms with van der Waals surface area (Å²) < 4.78 is 5.48. The van der Waals surface area contributed by atoms with Crippen molar-refractivity contribution in [2.45, 2.75) is 45.3 Å². The van der Waals surface area contributed by atoms with Gasteiger partial charge in [0.05, 0.1) is 0 Å². The molecule has 1 unspecified atom stereocenters. The first-order valence-corrected chi connectivity index (χ1v) is 4.53. The molecule has 3 nitrogen and oxygen atoms in total. The monoisotopic (exact) mass is 183 g/mol. The van der Waals surface area contributed by atoms with Crippen molar-refractivity contribution < 1.29 is 9.84 Å². The van der Waals surface area contributed by atoms with E-state index in [2.05, 4.69) is 4.99 Å². The molecule has 0 bridgehead atoms. The fraction of sp³-hybridized carbons (Fsp3) is 0.700. The lowest BCUT2D eigenvalue weighted by atomic mass is 10.0. The lowest BCUT2D eigenvalue weighted by Gasteiger charge is -2.29. The first kappa shape index (κ1) is 10.3. The van der Waals surface area contributed by atoms with Crippen molar-refractivity contribution in [2.75, 3.05) is 0 Å². The van der Waals surface area contributed by atoms with Crippen molar-refractivity contribution in [1.82, 2.24) is 0 Å². The maximum absolute atomic E-state index is 9.62. The smallest absolute Gasteiger partial charge is 0.140 e. The largest absolute Gasteiger partial charge is 0.488 e. The van der Waals surface area contributed by atoms with E-state index in [1.807, 2.05) is 13.8 Å². The first-order valence-electron chi connectivity index (χ1n) is 4.53. The van der Waals surface area contributed by atoms with Gasteiger partial charge in [0.1, 0.15) is 23.2 Å². The molecule has 1 N–H and O–H groups in total. The Morgan fingerprint density at radius 2 is 2.23 bits per heavy atom. The highest BCUT2D eigenvalue weighted by Crippen LogP contribution is 2.24. The van der Waals surface area contributed by atoms with E-state index in [4.69, 9.17) is 4.74 Å². The number of nitrogens with zero attached hydrogens (tertiary/aromatic N) is 1. The van der Waals surface area contributed by atoms with E-state index < -0.39 is 5.60 Å². The molecular weight excluding hydrogens is 166 g/mol. The third-order valence-corrected chi connectivity index (χ3v) is 2.25. The van der Waals surface area contributed by atoms with Gasteiger partial charge in [0.25, 0.3) is 0 Å². The zero-order valence-corrected chi connectivity index (χ0v) is 8.66. The van der Waals surface area contributed by atoms with Crippen LogP contribution in [0.4, 0.5) is 0 Å². The van der Waals surface area contributed by atoms with Gasteiger partial charge in [0, 0.05) is 6.21 Å². The Labute approximate surface area is 79.1 Å². The van der Waals surface area contributed by atoms with E-state index in [0.717, 1.165) is 6.42 Å². The molecule has 0 fully saturated rings. The first-order chi connectivity index (χ1) is 5.87.